The van der Waals surface area contributed by atoms with Crippen molar-refractivity contribution in [2.75, 3.05) is 0 Å². The Balaban J connectivity index is 4.56. The molecule has 0 aliphatic carbocycles. The van der Waals surface area contributed by atoms with Crippen molar-refractivity contribution in [2.24, 2.45) is 5.73 Å². The molecule has 0 bridgehead atoms. The molecular weight excluding hydrogens is 280 g/mol. The summed E-state index contributed by atoms with van der Waals surface area (Å²) in [7, 11) is 0. The maximum atomic E-state index is 11.7. The number of ether oxygens (including phenoxy) is 2. The van der Waals surface area contributed by atoms with Crippen molar-refractivity contribution in [3.05, 3.63) is 0 Å². The van der Waals surface area contributed by atoms with Crippen molar-refractivity contribution < 1.29 is 19.1 Å². The first-order valence-electron chi connectivity index (χ1n) is 6.31. The molecule has 20 heavy (non-hydrogen) atoms. The smallest absolute Gasteiger partial charge is 0.408 e. The monoisotopic (exact) mass is 304 g/mol. The van der Waals surface area contributed by atoms with Gasteiger partial charge in [-0.05, 0) is 41.5 Å². The lowest BCUT2D eigenvalue weighted by molar-refractivity contribution is -0.154. The minimum absolute atomic E-state index is 0.00159. The van der Waals surface area contributed by atoms with Gasteiger partial charge >= 0.3 is 12.1 Å². The minimum Gasteiger partial charge on any atom is -0.460 e. The van der Waals surface area contributed by atoms with E-state index < -0.39 is 29.3 Å². The third kappa shape index (κ3) is 9.55. The highest BCUT2D eigenvalue weighted by molar-refractivity contribution is 7.80. The molecule has 0 fully saturated rings. The van der Waals surface area contributed by atoms with Crippen LogP contribution in [0.2, 0.25) is 0 Å². The summed E-state index contributed by atoms with van der Waals surface area (Å²) >= 11 is 4.84. The van der Waals surface area contributed by atoms with Gasteiger partial charge in [0.25, 0.3) is 0 Å². The predicted octanol–water partition coefficient (Wildman–Crippen LogP) is 1.90. The molecule has 0 aliphatic heterocycles. The van der Waals surface area contributed by atoms with Crippen molar-refractivity contribution in [3.8, 4) is 0 Å². The Hall–Kier alpha value is -1.37. The highest BCUT2D eigenvalue weighted by Crippen LogP contribution is 2.11. The second kappa shape index (κ2) is 6.88. The number of amides is 1. The van der Waals surface area contributed by atoms with Gasteiger partial charge in [0, 0.05) is 0 Å². The van der Waals surface area contributed by atoms with Crippen LogP contribution in [0.15, 0.2) is 0 Å². The molecule has 7 heteroatoms. The highest BCUT2D eigenvalue weighted by Gasteiger charge is 2.25. The van der Waals surface area contributed by atoms with E-state index in [1.807, 2.05) is 0 Å². The van der Waals surface area contributed by atoms with Crippen LogP contribution in [0.25, 0.3) is 0 Å². The van der Waals surface area contributed by atoms with E-state index in [0.717, 1.165) is 0 Å². The van der Waals surface area contributed by atoms with Gasteiger partial charge in [0.2, 0.25) is 0 Å². The number of nitrogens with two attached hydrogens (primary N) is 1. The normalized spacial score (nSPS) is 13.3. The highest BCUT2D eigenvalue weighted by atomic mass is 32.1. The Morgan fingerprint density at radius 2 is 1.55 bits per heavy atom. The van der Waals surface area contributed by atoms with Gasteiger partial charge in [0.05, 0.1) is 17.5 Å². The van der Waals surface area contributed by atoms with Gasteiger partial charge in [-0.2, -0.15) is 0 Å². The number of hydrogen-bond donors (Lipinski definition) is 2. The molecular formula is C13H24N2O4S. The zero-order valence-corrected chi connectivity index (χ0v) is 13.7. The topological polar surface area (TPSA) is 90.6 Å². The fraction of sp³-hybridized carbons (Fsp3) is 0.769. The number of esters is 1. The Labute approximate surface area is 125 Å². The number of nitrogens with one attached hydrogen (secondary N) is 1. The van der Waals surface area contributed by atoms with E-state index in [4.69, 9.17) is 27.4 Å². The van der Waals surface area contributed by atoms with Crippen LogP contribution in [0.4, 0.5) is 4.79 Å². The molecule has 0 aromatic carbocycles. The molecule has 6 nitrogen and oxygen atoms in total. The SMILES string of the molecule is CC(C)(C)OC(=O)CC(NC(=O)OC(C)(C)C)C(N)=S. The number of thiocarbonyl (C=S) groups is 1. The molecule has 1 amide bonds. The molecule has 0 saturated heterocycles. The Kier molecular flexibility index (Phi) is 6.40. The van der Waals surface area contributed by atoms with Gasteiger partial charge in [0.15, 0.2) is 0 Å². The zero-order valence-electron chi connectivity index (χ0n) is 12.9. The molecule has 1 unspecified atom stereocenters. The zero-order chi connectivity index (χ0) is 16.1. The van der Waals surface area contributed by atoms with Crippen molar-refractivity contribution in [1.29, 1.82) is 0 Å². The molecule has 0 radical (unpaired) electrons. The van der Waals surface area contributed by atoms with Crippen molar-refractivity contribution in [1.82, 2.24) is 5.32 Å². The molecule has 0 aromatic heterocycles. The first-order valence-corrected chi connectivity index (χ1v) is 6.71. The quantitative estimate of drug-likeness (QED) is 0.609. The molecule has 0 aromatic rings. The van der Waals surface area contributed by atoms with E-state index in [1.165, 1.54) is 0 Å². The van der Waals surface area contributed by atoms with Crippen molar-refractivity contribution >= 4 is 29.3 Å². The summed E-state index contributed by atoms with van der Waals surface area (Å²) in [5.41, 5.74) is 4.26. The number of carbonyl (C=O) groups is 2. The fourth-order valence-corrected chi connectivity index (χ4v) is 1.36. The van der Waals surface area contributed by atoms with Crippen molar-refractivity contribution in [3.63, 3.8) is 0 Å². The third-order valence-corrected chi connectivity index (χ3v) is 2.11. The lowest BCUT2D eigenvalue weighted by atomic mass is 10.1. The van der Waals surface area contributed by atoms with Crippen LogP contribution < -0.4 is 11.1 Å². The van der Waals surface area contributed by atoms with Gasteiger partial charge in [-0.3, -0.25) is 4.79 Å². The average Bonchev–Trinajstić information content (AvgIpc) is 2.09. The Bertz CT molecular complexity index is 353. The van der Waals surface area contributed by atoms with E-state index in [9.17, 15) is 9.59 Å². The molecule has 0 aliphatic rings. The third-order valence-electron chi connectivity index (χ3n) is 1.83. The molecule has 3 N–H and O–H groups in total. The average molecular weight is 304 g/mol. The predicted molar refractivity (Wildman–Crippen MR) is 80.4 cm³/mol. The summed E-state index contributed by atoms with van der Waals surface area (Å²) in [6.07, 6.45) is -0.815. The Morgan fingerprint density at radius 3 is 1.90 bits per heavy atom. The first kappa shape index (κ1) is 18.6. The largest absolute Gasteiger partial charge is 0.460 e. The molecule has 1 atom stereocenters. The molecule has 116 valence electrons. The lowest BCUT2D eigenvalue weighted by Gasteiger charge is -2.24. The molecule has 0 saturated carbocycles. The summed E-state index contributed by atoms with van der Waals surface area (Å²) in [4.78, 5) is 23.4. The van der Waals surface area contributed by atoms with E-state index in [-0.39, 0.29) is 11.4 Å². The maximum absolute atomic E-state index is 11.7. The van der Waals surface area contributed by atoms with Crippen LogP contribution in [0, 0.1) is 0 Å². The van der Waals surface area contributed by atoms with E-state index >= 15 is 0 Å². The number of rotatable bonds is 4. The maximum Gasteiger partial charge on any atom is 0.408 e. The van der Waals surface area contributed by atoms with Gasteiger partial charge in [0.1, 0.15) is 11.2 Å². The van der Waals surface area contributed by atoms with Crippen LogP contribution in [0.1, 0.15) is 48.0 Å². The van der Waals surface area contributed by atoms with E-state index in [1.54, 1.807) is 41.5 Å². The van der Waals surface area contributed by atoms with E-state index in [2.05, 4.69) is 5.32 Å². The van der Waals surface area contributed by atoms with Gasteiger partial charge in [-0.25, -0.2) is 4.79 Å². The number of carbonyl (C=O) groups excluding carboxylic acids is 2. The Morgan fingerprint density at radius 1 is 1.10 bits per heavy atom. The van der Waals surface area contributed by atoms with Crippen LogP contribution in [0.5, 0.6) is 0 Å². The standard InChI is InChI=1S/C13H24N2O4S/c1-12(2,3)18-9(16)7-8(10(14)20)15-11(17)19-13(4,5)6/h8H,7H2,1-6H3,(H2,14,20)(H,15,17). The number of alkyl carbamates (subject to hydrolysis) is 1. The summed E-state index contributed by atoms with van der Waals surface area (Å²) in [5.74, 6) is -0.494. The van der Waals surface area contributed by atoms with E-state index in [0.29, 0.717) is 0 Å². The molecule has 0 heterocycles. The second-order valence-corrected chi connectivity index (χ2v) is 6.86. The minimum atomic E-state index is -0.797. The summed E-state index contributed by atoms with van der Waals surface area (Å²) in [5, 5.41) is 2.46. The van der Waals surface area contributed by atoms with Crippen LogP contribution >= 0.6 is 12.2 Å². The molecule has 0 spiro atoms. The summed E-state index contributed by atoms with van der Waals surface area (Å²) in [6, 6.07) is -0.797. The molecule has 0 rings (SSSR count). The van der Waals surface area contributed by atoms with Gasteiger partial charge in [-0.1, -0.05) is 12.2 Å². The van der Waals surface area contributed by atoms with Crippen LogP contribution in [-0.4, -0.2) is 34.3 Å². The lowest BCUT2D eigenvalue weighted by Crippen LogP contribution is -2.47. The number of hydrogen-bond acceptors (Lipinski definition) is 5. The van der Waals surface area contributed by atoms with Crippen LogP contribution in [0.3, 0.4) is 0 Å². The summed E-state index contributed by atoms with van der Waals surface area (Å²) in [6.45, 7) is 10.5. The fourth-order valence-electron chi connectivity index (χ4n) is 1.22. The first-order chi connectivity index (χ1) is 8.80. The van der Waals surface area contributed by atoms with Gasteiger partial charge < -0.3 is 20.5 Å². The summed E-state index contributed by atoms with van der Waals surface area (Å²) < 4.78 is 10.2. The second-order valence-electron chi connectivity index (χ2n) is 6.39. The van der Waals surface area contributed by atoms with Crippen LogP contribution in [-0.2, 0) is 14.3 Å². The van der Waals surface area contributed by atoms with Crippen molar-refractivity contribution in [2.45, 2.75) is 65.2 Å². The van der Waals surface area contributed by atoms with Gasteiger partial charge in [-0.15, -0.1) is 0 Å².